The Morgan fingerprint density at radius 3 is 2.74 bits per heavy atom. The smallest absolute Gasteiger partial charge is 0.287 e. The standard InChI is InChI=1S/C12H18N4O3/c1-8(2)5-13-11(17)7-15-12-9(3)4-10(6-14-12)16(18)19/h4,6,8H,5,7H2,1-3H3,(H,13,17)(H,14,15). The Morgan fingerprint density at radius 1 is 1.53 bits per heavy atom. The van der Waals surface area contributed by atoms with Crippen LogP contribution >= 0.6 is 0 Å². The van der Waals surface area contributed by atoms with Crippen LogP contribution in [-0.4, -0.2) is 28.9 Å². The van der Waals surface area contributed by atoms with Gasteiger partial charge in [0.15, 0.2) is 0 Å². The topological polar surface area (TPSA) is 97.2 Å². The molecule has 1 heterocycles. The molecular weight excluding hydrogens is 248 g/mol. The first-order valence-electron chi connectivity index (χ1n) is 6.01. The minimum Gasteiger partial charge on any atom is -0.361 e. The maximum atomic E-state index is 11.5. The van der Waals surface area contributed by atoms with Crippen LogP contribution in [0.5, 0.6) is 0 Å². The fourth-order valence-corrected chi connectivity index (χ4v) is 1.39. The van der Waals surface area contributed by atoms with Crippen molar-refractivity contribution in [1.29, 1.82) is 0 Å². The molecule has 0 spiro atoms. The molecule has 1 amide bonds. The number of nitrogens with one attached hydrogen (secondary N) is 2. The van der Waals surface area contributed by atoms with Crippen LogP contribution < -0.4 is 10.6 Å². The molecule has 0 bridgehead atoms. The van der Waals surface area contributed by atoms with Crippen LogP contribution in [0.3, 0.4) is 0 Å². The highest BCUT2D eigenvalue weighted by molar-refractivity contribution is 5.80. The van der Waals surface area contributed by atoms with Crippen LogP contribution in [0.2, 0.25) is 0 Å². The van der Waals surface area contributed by atoms with Crippen molar-refractivity contribution >= 4 is 17.4 Å². The second kappa shape index (κ2) is 6.67. The molecule has 7 nitrogen and oxygen atoms in total. The van der Waals surface area contributed by atoms with Gasteiger partial charge in [0.2, 0.25) is 5.91 Å². The Morgan fingerprint density at radius 2 is 2.21 bits per heavy atom. The number of hydrogen-bond donors (Lipinski definition) is 2. The SMILES string of the molecule is Cc1cc([N+](=O)[O-])cnc1NCC(=O)NCC(C)C. The largest absolute Gasteiger partial charge is 0.361 e. The molecule has 104 valence electrons. The fourth-order valence-electron chi connectivity index (χ4n) is 1.39. The molecule has 0 unspecified atom stereocenters. The minimum absolute atomic E-state index is 0.0627. The van der Waals surface area contributed by atoms with Gasteiger partial charge in [0.25, 0.3) is 5.69 Å². The third-order valence-electron chi connectivity index (χ3n) is 2.40. The number of aromatic nitrogens is 1. The number of aryl methyl sites for hydroxylation is 1. The first-order valence-corrected chi connectivity index (χ1v) is 6.01. The molecule has 19 heavy (non-hydrogen) atoms. The molecule has 0 atom stereocenters. The highest BCUT2D eigenvalue weighted by atomic mass is 16.6. The molecule has 0 saturated carbocycles. The Hall–Kier alpha value is -2.18. The average molecular weight is 266 g/mol. The summed E-state index contributed by atoms with van der Waals surface area (Å²) < 4.78 is 0. The number of rotatable bonds is 6. The molecule has 0 aliphatic heterocycles. The van der Waals surface area contributed by atoms with Crippen LogP contribution in [0, 0.1) is 23.0 Å². The van der Waals surface area contributed by atoms with E-state index in [2.05, 4.69) is 15.6 Å². The maximum absolute atomic E-state index is 11.5. The summed E-state index contributed by atoms with van der Waals surface area (Å²) in [7, 11) is 0. The molecule has 2 N–H and O–H groups in total. The highest BCUT2D eigenvalue weighted by Gasteiger charge is 2.10. The zero-order valence-corrected chi connectivity index (χ0v) is 11.3. The number of pyridine rings is 1. The minimum atomic E-state index is -0.501. The lowest BCUT2D eigenvalue weighted by Gasteiger charge is -2.10. The summed E-state index contributed by atoms with van der Waals surface area (Å²) in [6.45, 7) is 6.44. The predicted molar refractivity (Wildman–Crippen MR) is 72.0 cm³/mol. The summed E-state index contributed by atoms with van der Waals surface area (Å²) in [6.07, 6.45) is 1.17. The number of carbonyl (C=O) groups excluding carboxylic acids is 1. The number of hydrogen-bond acceptors (Lipinski definition) is 5. The summed E-state index contributed by atoms with van der Waals surface area (Å²) in [5, 5.41) is 16.2. The Bertz CT molecular complexity index is 474. The van der Waals surface area contributed by atoms with E-state index < -0.39 is 4.92 Å². The van der Waals surface area contributed by atoms with E-state index >= 15 is 0 Å². The van der Waals surface area contributed by atoms with Crippen molar-refractivity contribution in [3.63, 3.8) is 0 Å². The van der Waals surface area contributed by atoms with Crippen LogP contribution in [-0.2, 0) is 4.79 Å². The van der Waals surface area contributed by atoms with E-state index in [0.29, 0.717) is 23.8 Å². The third kappa shape index (κ3) is 4.90. The number of nitrogens with zero attached hydrogens (tertiary/aromatic N) is 2. The van der Waals surface area contributed by atoms with Gasteiger partial charge in [-0.15, -0.1) is 0 Å². The first-order chi connectivity index (χ1) is 8.90. The van der Waals surface area contributed by atoms with Gasteiger partial charge in [-0.25, -0.2) is 4.98 Å². The quantitative estimate of drug-likeness (QED) is 0.600. The molecule has 0 aliphatic carbocycles. The first kappa shape index (κ1) is 14.9. The average Bonchev–Trinajstić information content (AvgIpc) is 2.34. The number of amides is 1. The highest BCUT2D eigenvalue weighted by Crippen LogP contribution is 2.17. The van der Waals surface area contributed by atoms with Crippen molar-refractivity contribution in [1.82, 2.24) is 10.3 Å². The molecule has 0 aromatic carbocycles. The van der Waals surface area contributed by atoms with Gasteiger partial charge in [-0.1, -0.05) is 13.8 Å². The molecule has 0 radical (unpaired) electrons. The summed E-state index contributed by atoms with van der Waals surface area (Å²) >= 11 is 0. The van der Waals surface area contributed by atoms with Crippen LogP contribution in [0.1, 0.15) is 19.4 Å². The van der Waals surface area contributed by atoms with Crippen LogP contribution in [0.4, 0.5) is 11.5 Å². The molecule has 1 aromatic heterocycles. The van der Waals surface area contributed by atoms with Crippen molar-refractivity contribution in [2.45, 2.75) is 20.8 Å². The fraction of sp³-hybridized carbons (Fsp3) is 0.500. The Balaban J connectivity index is 2.54. The molecule has 0 saturated heterocycles. The summed E-state index contributed by atoms with van der Waals surface area (Å²) in [5.41, 5.74) is 0.568. The second-order valence-corrected chi connectivity index (χ2v) is 4.67. The van der Waals surface area contributed by atoms with Gasteiger partial charge in [0.1, 0.15) is 12.0 Å². The molecular formula is C12H18N4O3. The summed E-state index contributed by atoms with van der Waals surface area (Å²) in [4.78, 5) is 25.5. The van der Waals surface area contributed by atoms with E-state index in [9.17, 15) is 14.9 Å². The maximum Gasteiger partial charge on any atom is 0.287 e. The van der Waals surface area contributed by atoms with Crippen molar-refractivity contribution in [3.05, 3.63) is 27.9 Å². The molecule has 1 rings (SSSR count). The zero-order chi connectivity index (χ0) is 14.4. The van der Waals surface area contributed by atoms with Crippen molar-refractivity contribution in [2.24, 2.45) is 5.92 Å². The molecule has 0 fully saturated rings. The second-order valence-electron chi connectivity index (χ2n) is 4.67. The van der Waals surface area contributed by atoms with E-state index in [1.807, 2.05) is 13.8 Å². The molecule has 1 aromatic rings. The van der Waals surface area contributed by atoms with Crippen molar-refractivity contribution in [2.75, 3.05) is 18.4 Å². The van der Waals surface area contributed by atoms with Gasteiger partial charge >= 0.3 is 0 Å². The zero-order valence-electron chi connectivity index (χ0n) is 11.3. The van der Waals surface area contributed by atoms with E-state index in [0.717, 1.165) is 0 Å². The normalized spacial score (nSPS) is 10.3. The van der Waals surface area contributed by atoms with E-state index in [1.165, 1.54) is 12.3 Å². The van der Waals surface area contributed by atoms with E-state index in [-0.39, 0.29) is 18.1 Å². The van der Waals surface area contributed by atoms with Gasteiger partial charge in [-0.3, -0.25) is 14.9 Å². The van der Waals surface area contributed by atoms with Crippen LogP contribution in [0.15, 0.2) is 12.3 Å². The molecule has 7 heteroatoms. The lowest BCUT2D eigenvalue weighted by molar-refractivity contribution is -0.385. The van der Waals surface area contributed by atoms with E-state index in [4.69, 9.17) is 0 Å². The van der Waals surface area contributed by atoms with Crippen molar-refractivity contribution in [3.8, 4) is 0 Å². The number of anilines is 1. The number of nitro groups is 1. The summed E-state index contributed by atoms with van der Waals surface area (Å²) in [6, 6.07) is 1.42. The van der Waals surface area contributed by atoms with Crippen molar-refractivity contribution < 1.29 is 9.72 Å². The van der Waals surface area contributed by atoms with Gasteiger partial charge < -0.3 is 10.6 Å². The van der Waals surface area contributed by atoms with Crippen LogP contribution in [0.25, 0.3) is 0 Å². The molecule has 0 aliphatic rings. The van der Waals surface area contributed by atoms with Gasteiger partial charge in [0.05, 0.1) is 11.5 Å². The lowest BCUT2D eigenvalue weighted by Crippen LogP contribution is -2.32. The Labute approximate surface area is 111 Å². The predicted octanol–water partition coefficient (Wildman–Crippen LogP) is 1.48. The third-order valence-corrected chi connectivity index (χ3v) is 2.40. The monoisotopic (exact) mass is 266 g/mol. The van der Waals surface area contributed by atoms with E-state index in [1.54, 1.807) is 6.92 Å². The van der Waals surface area contributed by atoms with Gasteiger partial charge in [0, 0.05) is 12.6 Å². The summed E-state index contributed by atoms with van der Waals surface area (Å²) in [5.74, 6) is 0.738. The lowest BCUT2D eigenvalue weighted by atomic mass is 10.2. The van der Waals surface area contributed by atoms with Gasteiger partial charge in [-0.05, 0) is 18.4 Å². The van der Waals surface area contributed by atoms with Gasteiger partial charge in [-0.2, -0.15) is 0 Å². The number of carbonyl (C=O) groups is 1. The Kier molecular flexibility index (Phi) is 5.23.